The van der Waals surface area contributed by atoms with Gasteiger partial charge in [0.15, 0.2) is 0 Å². The number of hydrogen-bond donors (Lipinski definition) is 1. The Morgan fingerprint density at radius 1 is 1.23 bits per heavy atom. The molecule has 144 valence electrons. The Morgan fingerprint density at radius 3 is 2.46 bits per heavy atom. The molecule has 0 spiro atoms. The largest absolute Gasteiger partial charge is 0.362 e. The van der Waals surface area contributed by atoms with E-state index in [0.717, 1.165) is 13.1 Å². The van der Waals surface area contributed by atoms with Gasteiger partial charge in [-0.3, -0.25) is 9.59 Å². The van der Waals surface area contributed by atoms with Gasteiger partial charge in [0, 0.05) is 46.5 Å². The van der Waals surface area contributed by atoms with Gasteiger partial charge in [0.05, 0.1) is 5.56 Å². The van der Waals surface area contributed by atoms with Gasteiger partial charge in [0.2, 0.25) is 5.91 Å². The minimum atomic E-state index is -0.513. The molecule has 26 heavy (non-hydrogen) atoms. The van der Waals surface area contributed by atoms with Gasteiger partial charge in [-0.05, 0) is 31.5 Å². The molecule has 0 bridgehead atoms. The summed E-state index contributed by atoms with van der Waals surface area (Å²) in [7, 11) is 5.75. The average molecular weight is 361 g/mol. The number of likely N-dealkylation sites (N-methyl/N-ethyl adjacent to an activating group) is 1. The van der Waals surface area contributed by atoms with E-state index in [0.29, 0.717) is 36.8 Å². The average Bonchev–Trinajstić information content (AvgIpc) is 2.60. The molecule has 0 aliphatic carbocycles. The number of aromatic nitrogens is 1. The van der Waals surface area contributed by atoms with Crippen LogP contribution >= 0.6 is 0 Å². The minimum Gasteiger partial charge on any atom is -0.362 e. The lowest BCUT2D eigenvalue weighted by atomic mass is 10.0. The van der Waals surface area contributed by atoms with E-state index in [1.807, 2.05) is 19.0 Å². The third kappa shape index (κ3) is 5.17. The molecule has 7 nitrogen and oxygen atoms in total. The predicted octanol–water partition coefficient (Wildman–Crippen LogP) is 1.07. The highest BCUT2D eigenvalue weighted by atomic mass is 16.2. The first kappa shape index (κ1) is 20.2. The van der Waals surface area contributed by atoms with E-state index in [1.165, 1.54) is 0 Å². The Kier molecular flexibility index (Phi) is 6.97. The number of carbonyl (C=O) groups excluding carboxylic acids is 2. The molecule has 1 aliphatic rings. The second-order valence-corrected chi connectivity index (χ2v) is 7.55. The normalized spacial score (nSPS) is 16.5. The van der Waals surface area contributed by atoms with Crippen LogP contribution in [0.1, 0.15) is 30.6 Å². The van der Waals surface area contributed by atoms with Gasteiger partial charge in [0.1, 0.15) is 11.9 Å². The number of carbonyl (C=O) groups is 2. The smallest absolute Gasteiger partial charge is 0.255 e. The summed E-state index contributed by atoms with van der Waals surface area (Å²) in [6.07, 6.45) is 2.28. The summed E-state index contributed by atoms with van der Waals surface area (Å²) in [5, 5.41) is 2.96. The highest BCUT2D eigenvalue weighted by molar-refractivity contribution is 6.01. The predicted molar refractivity (Wildman–Crippen MR) is 103 cm³/mol. The van der Waals surface area contributed by atoms with Crippen LogP contribution < -0.4 is 10.2 Å². The van der Waals surface area contributed by atoms with Crippen molar-refractivity contribution >= 4 is 17.6 Å². The summed E-state index contributed by atoms with van der Waals surface area (Å²) in [5.41, 5.74) is 0.484. The summed E-state index contributed by atoms with van der Waals surface area (Å²) >= 11 is 0. The van der Waals surface area contributed by atoms with E-state index < -0.39 is 6.04 Å². The van der Waals surface area contributed by atoms with Crippen LogP contribution in [-0.4, -0.2) is 80.0 Å². The van der Waals surface area contributed by atoms with Gasteiger partial charge in [-0.1, -0.05) is 13.8 Å². The van der Waals surface area contributed by atoms with Gasteiger partial charge in [0.25, 0.3) is 5.91 Å². The van der Waals surface area contributed by atoms with E-state index in [1.54, 1.807) is 23.2 Å². The van der Waals surface area contributed by atoms with Gasteiger partial charge in [-0.15, -0.1) is 0 Å². The van der Waals surface area contributed by atoms with Crippen LogP contribution in [0, 0.1) is 5.92 Å². The topological polar surface area (TPSA) is 68.8 Å². The molecule has 0 aromatic carbocycles. The summed E-state index contributed by atoms with van der Waals surface area (Å²) in [6, 6.07) is 2.97. The zero-order chi connectivity index (χ0) is 19.3. The Bertz CT molecular complexity index is 624. The molecule has 1 aromatic rings. The number of piperazine rings is 1. The second-order valence-electron chi connectivity index (χ2n) is 7.55. The van der Waals surface area contributed by atoms with Gasteiger partial charge in [-0.2, -0.15) is 0 Å². The Morgan fingerprint density at radius 2 is 1.88 bits per heavy atom. The van der Waals surface area contributed by atoms with Crippen LogP contribution in [-0.2, 0) is 4.79 Å². The zero-order valence-electron chi connectivity index (χ0n) is 16.5. The van der Waals surface area contributed by atoms with Crippen LogP contribution in [0.5, 0.6) is 0 Å². The van der Waals surface area contributed by atoms with Crippen LogP contribution in [0.3, 0.4) is 0 Å². The lowest BCUT2D eigenvalue weighted by molar-refractivity contribution is -0.135. The van der Waals surface area contributed by atoms with Gasteiger partial charge < -0.3 is 20.0 Å². The Balaban J connectivity index is 2.15. The van der Waals surface area contributed by atoms with Crippen molar-refractivity contribution in [2.24, 2.45) is 5.92 Å². The third-order valence-corrected chi connectivity index (χ3v) is 4.58. The van der Waals surface area contributed by atoms with Crippen molar-refractivity contribution < 1.29 is 9.59 Å². The quantitative estimate of drug-likeness (QED) is 0.821. The molecule has 1 atom stereocenters. The maximum Gasteiger partial charge on any atom is 0.255 e. The van der Waals surface area contributed by atoms with E-state index in [2.05, 4.69) is 36.1 Å². The molecule has 2 heterocycles. The number of anilines is 1. The summed E-state index contributed by atoms with van der Waals surface area (Å²) in [4.78, 5) is 36.0. The first-order valence-electron chi connectivity index (χ1n) is 9.20. The molecular formula is C19H31N5O2. The molecule has 1 fully saturated rings. The van der Waals surface area contributed by atoms with Crippen molar-refractivity contribution in [1.82, 2.24) is 20.1 Å². The van der Waals surface area contributed by atoms with E-state index >= 15 is 0 Å². The van der Waals surface area contributed by atoms with Crippen LogP contribution in [0.2, 0.25) is 0 Å². The van der Waals surface area contributed by atoms with E-state index in [-0.39, 0.29) is 11.8 Å². The molecule has 1 saturated heterocycles. The fraction of sp³-hybridized carbons (Fsp3) is 0.632. The first-order valence-corrected chi connectivity index (χ1v) is 9.20. The fourth-order valence-corrected chi connectivity index (χ4v) is 3.11. The molecule has 2 amide bonds. The minimum absolute atomic E-state index is 0.00967. The summed E-state index contributed by atoms with van der Waals surface area (Å²) in [6.45, 7) is 7.26. The molecule has 0 saturated carbocycles. The molecule has 1 aromatic heterocycles. The van der Waals surface area contributed by atoms with Crippen molar-refractivity contribution in [2.45, 2.75) is 26.3 Å². The maximum atomic E-state index is 13.0. The van der Waals surface area contributed by atoms with Crippen LogP contribution in [0.25, 0.3) is 0 Å². The zero-order valence-corrected chi connectivity index (χ0v) is 16.5. The fourth-order valence-electron chi connectivity index (χ4n) is 3.11. The number of amides is 2. The van der Waals surface area contributed by atoms with Crippen molar-refractivity contribution in [2.75, 3.05) is 52.2 Å². The van der Waals surface area contributed by atoms with E-state index in [9.17, 15) is 9.59 Å². The number of nitrogens with one attached hydrogen (secondary N) is 1. The molecular weight excluding hydrogens is 330 g/mol. The maximum absolute atomic E-state index is 13.0. The molecule has 7 heteroatoms. The molecule has 2 rings (SSSR count). The Labute approximate surface area is 156 Å². The first-order chi connectivity index (χ1) is 12.3. The highest BCUT2D eigenvalue weighted by Gasteiger charge is 2.29. The number of nitrogens with zero attached hydrogens (tertiary/aromatic N) is 4. The lowest BCUT2D eigenvalue weighted by Crippen LogP contribution is -2.54. The van der Waals surface area contributed by atoms with Crippen LogP contribution in [0.4, 0.5) is 5.82 Å². The van der Waals surface area contributed by atoms with Crippen molar-refractivity contribution in [3.63, 3.8) is 0 Å². The highest BCUT2D eigenvalue weighted by Crippen LogP contribution is 2.16. The van der Waals surface area contributed by atoms with Crippen molar-refractivity contribution in [3.05, 3.63) is 23.9 Å². The number of pyridine rings is 1. The number of rotatable bonds is 6. The SMILES string of the molecule is CC(C)C[C@H](NC(=O)c1cccnc1N(C)C)C(=O)N1CCN(C)CC1. The van der Waals surface area contributed by atoms with Crippen molar-refractivity contribution in [1.29, 1.82) is 0 Å². The van der Waals surface area contributed by atoms with E-state index in [4.69, 9.17) is 0 Å². The summed E-state index contributed by atoms with van der Waals surface area (Å²) < 4.78 is 0. The molecule has 0 unspecified atom stereocenters. The standard InChI is InChI=1S/C19H31N5O2/c1-14(2)13-16(19(26)24-11-9-23(5)10-12-24)21-18(25)15-7-6-8-20-17(15)22(3)4/h6-8,14,16H,9-13H2,1-5H3,(H,21,25)/t16-/m0/s1. The Hall–Kier alpha value is -2.15. The third-order valence-electron chi connectivity index (χ3n) is 4.58. The van der Waals surface area contributed by atoms with Crippen molar-refractivity contribution in [3.8, 4) is 0 Å². The molecule has 0 radical (unpaired) electrons. The lowest BCUT2D eigenvalue weighted by Gasteiger charge is -2.35. The molecule has 1 aliphatic heterocycles. The number of hydrogen-bond acceptors (Lipinski definition) is 5. The monoisotopic (exact) mass is 361 g/mol. The van der Waals surface area contributed by atoms with Gasteiger partial charge in [-0.25, -0.2) is 4.98 Å². The van der Waals surface area contributed by atoms with Crippen LogP contribution in [0.15, 0.2) is 18.3 Å². The summed E-state index contributed by atoms with van der Waals surface area (Å²) in [5.74, 6) is 0.657. The van der Waals surface area contributed by atoms with Gasteiger partial charge >= 0.3 is 0 Å². The second kappa shape index (κ2) is 8.98. The molecule has 1 N–H and O–H groups in total.